The molecule has 0 unspecified atom stereocenters. The fourth-order valence-electron chi connectivity index (χ4n) is 2.26. The number of fused-ring (bicyclic) bond motifs is 1. The average molecular weight is 250 g/mol. The van der Waals surface area contributed by atoms with Crippen LogP contribution in [-0.2, 0) is 9.53 Å². The summed E-state index contributed by atoms with van der Waals surface area (Å²) in [6.07, 6.45) is -0.456. The van der Waals surface area contributed by atoms with Gasteiger partial charge in [0.25, 0.3) is 0 Å². The molecule has 3 atom stereocenters. The van der Waals surface area contributed by atoms with Crippen molar-refractivity contribution in [3.05, 3.63) is 23.8 Å². The standard InChI is InChI=1S/C13H14O5/c1-7-11(18-12(14)13(7,2)15)8-3-4-9-10(5-8)17-6-16-9/h3-5,7,11,15H,6H2,1-2H3/t7-,11+,13-/m1/s1. The van der Waals surface area contributed by atoms with Crippen molar-refractivity contribution in [3.8, 4) is 11.5 Å². The summed E-state index contributed by atoms with van der Waals surface area (Å²) in [4.78, 5) is 11.6. The Hall–Kier alpha value is -1.75. The van der Waals surface area contributed by atoms with Gasteiger partial charge in [0.2, 0.25) is 6.79 Å². The number of carbonyl (C=O) groups is 1. The maximum absolute atomic E-state index is 11.6. The summed E-state index contributed by atoms with van der Waals surface area (Å²) in [7, 11) is 0. The van der Waals surface area contributed by atoms with Crippen LogP contribution in [0.15, 0.2) is 18.2 Å². The molecule has 2 aliphatic rings. The molecule has 0 aromatic heterocycles. The molecule has 1 saturated heterocycles. The summed E-state index contributed by atoms with van der Waals surface area (Å²) in [5, 5.41) is 10.0. The Kier molecular flexibility index (Phi) is 2.28. The SMILES string of the molecule is C[C@@H]1[C@@H](c2ccc3c(c2)OCO3)OC(=O)[C@]1(C)O. The molecule has 96 valence electrons. The van der Waals surface area contributed by atoms with Crippen molar-refractivity contribution in [3.63, 3.8) is 0 Å². The maximum Gasteiger partial charge on any atom is 0.338 e. The number of carbonyl (C=O) groups excluding carboxylic acids is 1. The second kappa shape index (κ2) is 3.62. The monoisotopic (exact) mass is 250 g/mol. The molecule has 1 fully saturated rings. The quantitative estimate of drug-likeness (QED) is 0.763. The van der Waals surface area contributed by atoms with Gasteiger partial charge < -0.3 is 19.3 Å². The number of cyclic esters (lactones) is 1. The van der Waals surface area contributed by atoms with E-state index in [0.29, 0.717) is 11.5 Å². The van der Waals surface area contributed by atoms with Crippen molar-refractivity contribution in [2.75, 3.05) is 6.79 Å². The zero-order valence-corrected chi connectivity index (χ0v) is 10.2. The van der Waals surface area contributed by atoms with Crippen molar-refractivity contribution in [2.45, 2.75) is 25.6 Å². The first kappa shape index (κ1) is 11.3. The summed E-state index contributed by atoms with van der Waals surface area (Å²) in [5.41, 5.74) is -0.640. The number of aliphatic hydroxyl groups is 1. The third-order valence-corrected chi connectivity index (χ3v) is 3.71. The second-order valence-electron chi connectivity index (χ2n) is 4.87. The number of esters is 1. The summed E-state index contributed by atoms with van der Waals surface area (Å²) in [5.74, 6) is 0.424. The van der Waals surface area contributed by atoms with Crippen LogP contribution >= 0.6 is 0 Å². The van der Waals surface area contributed by atoms with Crippen molar-refractivity contribution >= 4 is 5.97 Å². The van der Waals surface area contributed by atoms with Crippen molar-refractivity contribution in [1.29, 1.82) is 0 Å². The summed E-state index contributed by atoms with van der Waals surface area (Å²) < 4.78 is 15.8. The zero-order chi connectivity index (χ0) is 12.9. The minimum Gasteiger partial charge on any atom is -0.455 e. The van der Waals surface area contributed by atoms with Crippen LogP contribution in [0.1, 0.15) is 25.5 Å². The molecule has 5 nitrogen and oxygen atoms in total. The molecule has 0 spiro atoms. The first-order valence-corrected chi connectivity index (χ1v) is 5.83. The summed E-state index contributed by atoms with van der Waals surface area (Å²) in [6, 6.07) is 5.40. The van der Waals surface area contributed by atoms with E-state index >= 15 is 0 Å². The highest BCUT2D eigenvalue weighted by Gasteiger charge is 2.51. The van der Waals surface area contributed by atoms with Gasteiger partial charge in [-0.15, -0.1) is 0 Å². The molecule has 0 amide bonds. The fraction of sp³-hybridized carbons (Fsp3) is 0.462. The van der Waals surface area contributed by atoms with Gasteiger partial charge in [0.05, 0.1) is 0 Å². The second-order valence-corrected chi connectivity index (χ2v) is 4.87. The Morgan fingerprint density at radius 3 is 2.72 bits per heavy atom. The lowest BCUT2D eigenvalue weighted by Gasteiger charge is -2.20. The minimum absolute atomic E-state index is 0.205. The van der Waals surface area contributed by atoms with Gasteiger partial charge in [-0.2, -0.15) is 0 Å². The summed E-state index contributed by atoms with van der Waals surface area (Å²) >= 11 is 0. The van der Waals surface area contributed by atoms with Gasteiger partial charge >= 0.3 is 5.97 Å². The Morgan fingerprint density at radius 1 is 1.33 bits per heavy atom. The lowest BCUT2D eigenvalue weighted by atomic mass is 9.86. The first-order valence-electron chi connectivity index (χ1n) is 5.83. The molecule has 1 aromatic carbocycles. The van der Waals surface area contributed by atoms with Gasteiger partial charge in [-0.1, -0.05) is 13.0 Å². The van der Waals surface area contributed by atoms with E-state index < -0.39 is 17.7 Å². The first-order chi connectivity index (χ1) is 8.50. The summed E-state index contributed by atoms with van der Waals surface area (Å²) in [6.45, 7) is 3.48. The van der Waals surface area contributed by atoms with E-state index in [0.717, 1.165) is 5.56 Å². The maximum atomic E-state index is 11.6. The predicted molar refractivity (Wildman–Crippen MR) is 61.2 cm³/mol. The van der Waals surface area contributed by atoms with Crippen LogP contribution < -0.4 is 9.47 Å². The largest absolute Gasteiger partial charge is 0.455 e. The third-order valence-electron chi connectivity index (χ3n) is 3.71. The van der Waals surface area contributed by atoms with E-state index in [2.05, 4.69) is 0 Å². The molecule has 0 radical (unpaired) electrons. The van der Waals surface area contributed by atoms with Crippen LogP contribution in [0.25, 0.3) is 0 Å². The van der Waals surface area contributed by atoms with Gasteiger partial charge in [0, 0.05) is 5.92 Å². The highest BCUT2D eigenvalue weighted by molar-refractivity contribution is 5.81. The molecule has 0 bridgehead atoms. The number of ether oxygens (including phenoxy) is 3. The fourth-order valence-corrected chi connectivity index (χ4v) is 2.26. The Labute approximate surface area is 104 Å². The average Bonchev–Trinajstić information content (AvgIpc) is 2.87. The normalized spacial score (nSPS) is 33.6. The van der Waals surface area contributed by atoms with Gasteiger partial charge in [-0.3, -0.25) is 0 Å². The van der Waals surface area contributed by atoms with Crippen LogP contribution in [0.2, 0.25) is 0 Å². The molecule has 5 heteroatoms. The lowest BCUT2D eigenvalue weighted by Crippen LogP contribution is -2.35. The molecular weight excluding hydrogens is 236 g/mol. The molecule has 0 aliphatic carbocycles. The minimum atomic E-state index is -1.44. The van der Waals surface area contributed by atoms with Crippen LogP contribution in [0.5, 0.6) is 11.5 Å². The molecule has 2 aliphatic heterocycles. The van der Waals surface area contributed by atoms with Crippen molar-refractivity contribution < 1.29 is 24.1 Å². The van der Waals surface area contributed by atoms with E-state index in [9.17, 15) is 9.90 Å². The van der Waals surface area contributed by atoms with E-state index in [4.69, 9.17) is 14.2 Å². The predicted octanol–water partition coefficient (Wildman–Crippen LogP) is 1.40. The van der Waals surface area contributed by atoms with Gasteiger partial charge in [-0.25, -0.2) is 4.79 Å². The molecule has 2 heterocycles. The molecule has 18 heavy (non-hydrogen) atoms. The van der Waals surface area contributed by atoms with E-state index in [1.807, 2.05) is 6.07 Å². The van der Waals surface area contributed by atoms with Crippen molar-refractivity contribution in [2.24, 2.45) is 5.92 Å². The van der Waals surface area contributed by atoms with Crippen molar-refractivity contribution in [1.82, 2.24) is 0 Å². The number of hydrogen-bond acceptors (Lipinski definition) is 5. The molecule has 1 N–H and O–H groups in total. The highest BCUT2D eigenvalue weighted by atomic mass is 16.7. The lowest BCUT2D eigenvalue weighted by molar-refractivity contribution is -0.154. The molecule has 1 aromatic rings. The number of benzene rings is 1. The molecule has 0 saturated carbocycles. The Bertz CT molecular complexity index is 508. The van der Waals surface area contributed by atoms with Gasteiger partial charge in [0.1, 0.15) is 6.10 Å². The number of hydrogen-bond donors (Lipinski definition) is 1. The van der Waals surface area contributed by atoms with Gasteiger partial charge in [0.15, 0.2) is 17.1 Å². The molecule has 3 rings (SSSR count). The van der Waals surface area contributed by atoms with Crippen LogP contribution in [0, 0.1) is 5.92 Å². The third kappa shape index (κ3) is 1.47. The Morgan fingerprint density at radius 2 is 2.06 bits per heavy atom. The Balaban J connectivity index is 1.95. The molecular formula is C13H14O5. The van der Waals surface area contributed by atoms with Gasteiger partial charge in [-0.05, 0) is 24.6 Å². The zero-order valence-electron chi connectivity index (χ0n) is 10.2. The van der Waals surface area contributed by atoms with E-state index in [1.165, 1.54) is 6.92 Å². The highest BCUT2D eigenvalue weighted by Crippen LogP contribution is 2.44. The van der Waals surface area contributed by atoms with E-state index in [1.54, 1.807) is 19.1 Å². The smallest absolute Gasteiger partial charge is 0.338 e. The van der Waals surface area contributed by atoms with Crippen LogP contribution in [0.4, 0.5) is 0 Å². The topological polar surface area (TPSA) is 65.0 Å². The van der Waals surface area contributed by atoms with E-state index in [-0.39, 0.29) is 12.7 Å². The van der Waals surface area contributed by atoms with Crippen LogP contribution in [-0.4, -0.2) is 23.5 Å². The van der Waals surface area contributed by atoms with Crippen LogP contribution in [0.3, 0.4) is 0 Å². The number of rotatable bonds is 1.